The number of benzene rings is 3. The zero-order chi connectivity index (χ0) is 19.2. The van der Waals surface area contributed by atoms with Crippen LogP contribution < -0.4 is 4.74 Å². The number of allylic oxidation sites excluding steroid dienone is 1. The molecule has 0 aliphatic heterocycles. The molecule has 0 heterocycles. The number of hydrogen-bond acceptors (Lipinski definition) is 2. The Kier molecular flexibility index (Phi) is 6.57. The first kappa shape index (κ1) is 19.5. The van der Waals surface area contributed by atoms with Gasteiger partial charge in [0.25, 0.3) is 0 Å². The largest absolute Gasteiger partial charge is 0.488 e. The normalized spacial score (nSPS) is 10.9. The van der Waals surface area contributed by atoms with Crippen molar-refractivity contribution in [3.63, 3.8) is 0 Å². The number of carbonyl (C=O) groups is 1. The van der Waals surface area contributed by atoms with E-state index in [0.29, 0.717) is 22.9 Å². The van der Waals surface area contributed by atoms with E-state index in [1.807, 2.05) is 54.6 Å². The molecule has 0 radical (unpaired) electrons. The van der Waals surface area contributed by atoms with Crippen LogP contribution in [-0.2, 0) is 6.61 Å². The van der Waals surface area contributed by atoms with Crippen LogP contribution in [0.1, 0.15) is 21.5 Å². The minimum atomic E-state index is -0.267. The van der Waals surface area contributed by atoms with Gasteiger partial charge in [0.15, 0.2) is 5.78 Å². The molecule has 0 amide bonds. The van der Waals surface area contributed by atoms with E-state index < -0.39 is 0 Å². The topological polar surface area (TPSA) is 26.3 Å². The number of ketones is 1. The fourth-order valence-corrected chi connectivity index (χ4v) is 3.09. The van der Waals surface area contributed by atoms with Crippen LogP contribution in [0.25, 0.3) is 6.08 Å². The maximum absolute atomic E-state index is 12.5. The van der Waals surface area contributed by atoms with Crippen molar-refractivity contribution in [2.24, 2.45) is 0 Å². The molecule has 0 spiro atoms. The van der Waals surface area contributed by atoms with Crippen molar-refractivity contribution in [2.45, 2.75) is 6.61 Å². The average Bonchev–Trinajstić information content (AvgIpc) is 2.70. The lowest BCUT2D eigenvalue weighted by Crippen LogP contribution is -1.98. The van der Waals surface area contributed by atoms with Gasteiger partial charge in [-0.25, -0.2) is 0 Å². The van der Waals surface area contributed by atoms with Crippen LogP contribution >= 0.6 is 34.8 Å². The van der Waals surface area contributed by atoms with Crippen LogP contribution in [0, 0.1) is 0 Å². The summed E-state index contributed by atoms with van der Waals surface area (Å²) in [6, 6.07) is 20.5. The molecule has 0 fully saturated rings. The van der Waals surface area contributed by atoms with Crippen LogP contribution in [0.15, 0.2) is 72.8 Å². The van der Waals surface area contributed by atoms with Crippen LogP contribution in [-0.4, -0.2) is 5.78 Å². The molecule has 0 saturated heterocycles. The van der Waals surface area contributed by atoms with Crippen molar-refractivity contribution in [2.75, 3.05) is 0 Å². The van der Waals surface area contributed by atoms with E-state index in [1.165, 1.54) is 6.08 Å². The lowest BCUT2D eigenvalue weighted by atomic mass is 10.1. The third-order valence-electron chi connectivity index (χ3n) is 3.87. The fourth-order valence-electron chi connectivity index (χ4n) is 2.46. The highest BCUT2D eigenvalue weighted by atomic mass is 35.5. The Balaban J connectivity index is 1.77. The van der Waals surface area contributed by atoms with E-state index in [2.05, 4.69) is 0 Å². The van der Waals surface area contributed by atoms with Gasteiger partial charge in [-0.2, -0.15) is 0 Å². The van der Waals surface area contributed by atoms with Crippen molar-refractivity contribution in [1.82, 2.24) is 0 Å². The first-order chi connectivity index (χ1) is 13.1. The minimum absolute atomic E-state index is 0.146. The van der Waals surface area contributed by atoms with Gasteiger partial charge < -0.3 is 4.74 Å². The van der Waals surface area contributed by atoms with Gasteiger partial charge in [0.1, 0.15) is 12.4 Å². The summed E-state index contributed by atoms with van der Waals surface area (Å²) >= 11 is 18.0. The standard InChI is InChI=1S/C22H15Cl3O2/c23-18-12-11-17(21(24)22(18)25)19(26)13-10-16-8-4-5-9-20(16)27-14-15-6-2-1-3-7-15/h1-13H,14H2. The average molecular weight is 418 g/mol. The summed E-state index contributed by atoms with van der Waals surface area (Å²) in [5.74, 6) is 0.419. The molecule has 0 aliphatic carbocycles. The lowest BCUT2D eigenvalue weighted by Gasteiger charge is -2.09. The second kappa shape index (κ2) is 9.09. The Hall–Kier alpha value is -2.26. The van der Waals surface area contributed by atoms with Gasteiger partial charge in [0, 0.05) is 11.1 Å². The summed E-state index contributed by atoms with van der Waals surface area (Å²) in [6.45, 7) is 0.443. The second-order valence-electron chi connectivity index (χ2n) is 5.73. The quantitative estimate of drug-likeness (QED) is 0.242. The van der Waals surface area contributed by atoms with Gasteiger partial charge in [-0.1, -0.05) is 83.3 Å². The number of para-hydroxylation sites is 1. The van der Waals surface area contributed by atoms with E-state index in [-0.39, 0.29) is 15.8 Å². The number of halogens is 3. The van der Waals surface area contributed by atoms with Crippen LogP contribution in [0.4, 0.5) is 0 Å². The summed E-state index contributed by atoms with van der Waals surface area (Å²) in [7, 11) is 0. The maximum atomic E-state index is 12.5. The molecule has 0 bridgehead atoms. The molecule has 0 aliphatic rings. The molecule has 5 heteroatoms. The summed E-state index contributed by atoms with van der Waals surface area (Å²) < 4.78 is 5.89. The van der Waals surface area contributed by atoms with E-state index in [4.69, 9.17) is 39.5 Å². The summed E-state index contributed by atoms with van der Waals surface area (Å²) in [6.07, 6.45) is 3.14. The molecular weight excluding hydrogens is 403 g/mol. The van der Waals surface area contributed by atoms with E-state index in [0.717, 1.165) is 11.1 Å². The molecule has 3 aromatic carbocycles. The molecule has 3 rings (SSSR count). The summed E-state index contributed by atoms with van der Waals surface area (Å²) in [5, 5.41) is 0.624. The van der Waals surface area contributed by atoms with Crippen molar-refractivity contribution in [1.29, 1.82) is 0 Å². The Bertz CT molecular complexity index is 982. The van der Waals surface area contributed by atoms with Crippen molar-refractivity contribution < 1.29 is 9.53 Å². The second-order valence-corrected chi connectivity index (χ2v) is 6.90. The SMILES string of the molecule is O=C(C=Cc1ccccc1OCc1ccccc1)c1ccc(Cl)c(Cl)c1Cl. The third-order valence-corrected chi connectivity index (χ3v) is 5.16. The summed E-state index contributed by atoms with van der Waals surface area (Å²) in [5.41, 5.74) is 2.15. The van der Waals surface area contributed by atoms with Gasteiger partial charge in [0.05, 0.1) is 15.1 Å². The molecule has 27 heavy (non-hydrogen) atoms. The number of rotatable bonds is 6. The highest BCUT2D eigenvalue weighted by Crippen LogP contribution is 2.33. The van der Waals surface area contributed by atoms with Gasteiger partial charge in [0.2, 0.25) is 0 Å². The molecule has 2 nitrogen and oxygen atoms in total. The van der Waals surface area contributed by atoms with E-state index >= 15 is 0 Å². The molecule has 0 atom stereocenters. The molecule has 0 unspecified atom stereocenters. The highest BCUT2D eigenvalue weighted by Gasteiger charge is 2.13. The third kappa shape index (κ3) is 4.92. The molecular formula is C22H15Cl3O2. The molecule has 0 saturated carbocycles. The zero-order valence-corrected chi connectivity index (χ0v) is 16.4. The van der Waals surface area contributed by atoms with Gasteiger partial charge in [-0.05, 0) is 35.9 Å². The smallest absolute Gasteiger partial charge is 0.187 e. The van der Waals surface area contributed by atoms with Gasteiger partial charge in [-0.3, -0.25) is 4.79 Å². The predicted octanol–water partition coefficient (Wildman–Crippen LogP) is 7.12. The molecule has 3 aromatic rings. The van der Waals surface area contributed by atoms with Crippen LogP contribution in [0.5, 0.6) is 5.75 Å². The number of hydrogen-bond donors (Lipinski definition) is 0. The Morgan fingerprint density at radius 1 is 0.852 bits per heavy atom. The fraction of sp³-hybridized carbons (Fsp3) is 0.0455. The van der Waals surface area contributed by atoms with E-state index in [1.54, 1.807) is 18.2 Å². The van der Waals surface area contributed by atoms with Crippen molar-refractivity contribution in [3.05, 3.63) is 105 Å². The van der Waals surface area contributed by atoms with Crippen LogP contribution in [0.3, 0.4) is 0 Å². The van der Waals surface area contributed by atoms with Gasteiger partial charge in [-0.15, -0.1) is 0 Å². The predicted molar refractivity (Wildman–Crippen MR) is 112 cm³/mol. The van der Waals surface area contributed by atoms with Gasteiger partial charge >= 0.3 is 0 Å². The molecule has 136 valence electrons. The van der Waals surface area contributed by atoms with Crippen molar-refractivity contribution in [3.8, 4) is 5.75 Å². The summed E-state index contributed by atoms with van der Waals surface area (Å²) in [4.78, 5) is 12.5. The first-order valence-corrected chi connectivity index (χ1v) is 9.31. The molecule has 0 N–H and O–H groups in total. The first-order valence-electron chi connectivity index (χ1n) is 8.18. The Morgan fingerprint density at radius 3 is 2.33 bits per heavy atom. The molecule has 0 aromatic heterocycles. The zero-order valence-electron chi connectivity index (χ0n) is 14.2. The number of ether oxygens (including phenoxy) is 1. The Labute approximate surface area is 173 Å². The maximum Gasteiger partial charge on any atom is 0.187 e. The van der Waals surface area contributed by atoms with E-state index in [9.17, 15) is 4.79 Å². The van der Waals surface area contributed by atoms with Crippen molar-refractivity contribution >= 4 is 46.7 Å². The minimum Gasteiger partial charge on any atom is -0.488 e. The monoisotopic (exact) mass is 416 g/mol. The number of carbonyl (C=O) groups excluding carboxylic acids is 1. The Morgan fingerprint density at radius 2 is 1.56 bits per heavy atom. The lowest BCUT2D eigenvalue weighted by molar-refractivity contribution is 0.104. The van der Waals surface area contributed by atoms with Crippen LogP contribution in [0.2, 0.25) is 15.1 Å². The highest BCUT2D eigenvalue weighted by molar-refractivity contribution is 6.49.